The number of ether oxygens (including phenoxy) is 1. The Kier molecular flexibility index (Phi) is 7.56. The van der Waals surface area contributed by atoms with Crippen molar-refractivity contribution in [1.82, 2.24) is 4.90 Å². The molecule has 0 aliphatic carbocycles. The molecule has 1 aromatic rings. The second kappa shape index (κ2) is 9.18. The van der Waals surface area contributed by atoms with Gasteiger partial charge < -0.3 is 20.5 Å². The topological polar surface area (TPSA) is 92.9 Å². The normalized spacial score (nSPS) is 14.3. The maximum absolute atomic E-state index is 12.4. The largest absolute Gasteiger partial charge is 0.490 e. The predicted molar refractivity (Wildman–Crippen MR) is 84.5 cm³/mol. The van der Waals surface area contributed by atoms with E-state index in [1.54, 1.807) is 24.1 Å². The summed E-state index contributed by atoms with van der Waals surface area (Å²) in [6.45, 7) is 0.956. The molecule has 26 heavy (non-hydrogen) atoms. The van der Waals surface area contributed by atoms with Crippen molar-refractivity contribution < 1.29 is 37.0 Å². The third-order valence-electron chi connectivity index (χ3n) is 3.45. The fourth-order valence-electron chi connectivity index (χ4n) is 1.98. The first-order chi connectivity index (χ1) is 12.1. The van der Waals surface area contributed by atoms with Gasteiger partial charge in [-0.05, 0) is 30.2 Å². The number of halogens is 4. The number of carbonyl (C=O) groups is 2. The van der Waals surface area contributed by atoms with Crippen LogP contribution >= 0.6 is 0 Å². The molecule has 1 aliphatic heterocycles. The maximum atomic E-state index is 12.4. The summed E-state index contributed by atoms with van der Waals surface area (Å²) < 4.78 is 49.6. The van der Waals surface area contributed by atoms with Crippen LogP contribution in [0.15, 0.2) is 30.1 Å². The lowest BCUT2D eigenvalue weighted by atomic mass is 9.99. The fourth-order valence-corrected chi connectivity index (χ4v) is 1.98. The third kappa shape index (κ3) is 6.03. The third-order valence-corrected chi connectivity index (χ3v) is 3.45. The molecule has 0 saturated carbocycles. The van der Waals surface area contributed by atoms with Crippen molar-refractivity contribution in [3.05, 3.63) is 41.2 Å². The van der Waals surface area contributed by atoms with Gasteiger partial charge in [-0.25, -0.2) is 9.18 Å². The van der Waals surface area contributed by atoms with E-state index in [4.69, 9.17) is 20.4 Å². The minimum atomic E-state index is -5.08. The van der Waals surface area contributed by atoms with E-state index < -0.39 is 12.1 Å². The van der Waals surface area contributed by atoms with Crippen molar-refractivity contribution >= 4 is 11.9 Å². The van der Waals surface area contributed by atoms with Gasteiger partial charge in [0.15, 0.2) is 0 Å². The van der Waals surface area contributed by atoms with Crippen LogP contribution in [-0.4, -0.2) is 54.8 Å². The molecule has 144 valence electrons. The molecule has 6 nitrogen and oxygen atoms in total. The molecule has 0 atom stereocenters. The molecule has 1 amide bonds. The molecule has 0 saturated heterocycles. The van der Waals surface area contributed by atoms with E-state index in [0.29, 0.717) is 29.8 Å². The number of carboxylic acids is 1. The van der Waals surface area contributed by atoms with Gasteiger partial charge >= 0.3 is 12.1 Å². The Balaban J connectivity index is 0.000000412. The molecule has 0 unspecified atom stereocenters. The number of rotatable bonds is 4. The fraction of sp³-hybridized carbons (Fsp3) is 0.375. The standard InChI is InChI=1S/C14H17FN2O2.C2HF3O2/c1-17-5-4-11-6-12(2-3-13(11)14(17)18)19-9-10(7-15)8-16;3-2(4,5)1(6)7/h2-3,6-7H,4-5,8-9,16H2,1H3;(H,6,7)/b10-7+;. The van der Waals surface area contributed by atoms with Gasteiger partial charge in [0.05, 0.1) is 6.33 Å². The Labute approximate surface area is 146 Å². The van der Waals surface area contributed by atoms with E-state index in [0.717, 1.165) is 12.0 Å². The number of nitrogens with two attached hydrogens (primary N) is 1. The Bertz CT molecular complexity index is 689. The molecular weight excluding hydrogens is 360 g/mol. The molecule has 10 heteroatoms. The summed E-state index contributed by atoms with van der Waals surface area (Å²) in [5.41, 5.74) is 7.43. The predicted octanol–water partition coefficient (Wildman–Crippen LogP) is 2.14. The SMILES string of the molecule is CN1CCc2cc(OC/C(=C/F)CN)ccc2C1=O.O=C(O)C(F)(F)F. The summed E-state index contributed by atoms with van der Waals surface area (Å²) >= 11 is 0. The molecule has 0 fully saturated rings. The van der Waals surface area contributed by atoms with Crippen LogP contribution in [-0.2, 0) is 11.2 Å². The van der Waals surface area contributed by atoms with Crippen molar-refractivity contribution in [1.29, 1.82) is 0 Å². The summed E-state index contributed by atoms with van der Waals surface area (Å²) in [7, 11) is 1.79. The van der Waals surface area contributed by atoms with Crippen molar-refractivity contribution in [3.63, 3.8) is 0 Å². The van der Waals surface area contributed by atoms with Crippen LogP contribution in [0.4, 0.5) is 17.6 Å². The summed E-state index contributed by atoms with van der Waals surface area (Å²) in [4.78, 5) is 22.5. The number of alkyl halides is 3. The van der Waals surface area contributed by atoms with Crippen LogP contribution in [0, 0.1) is 0 Å². The van der Waals surface area contributed by atoms with E-state index in [2.05, 4.69) is 0 Å². The van der Waals surface area contributed by atoms with E-state index in [-0.39, 0.29) is 19.1 Å². The van der Waals surface area contributed by atoms with E-state index in [1.807, 2.05) is 6.07 Å². The Morgan fingerprint density at radius 2 is 2.04 bits per heavy atom. The van der Waals surface area contributed by atoms with E-state index in [9.17, 15) is 22.4 Å². The molecule has 3 N–H and O–H groups in total. The first kappa shape index (κ1) is 21.4. The minimum Gasteiger partial charge on any atom is -0.489 e. The monoisotopic (exact) mass is 378 g/mol. The molecule has 1 aliphatic rings. The number of likely N-dealkylation sites (N-methyl/N-ethyl adjacent to an activating group) is 1. The van der Waals surface area contributed by atoms with Crippen molar-refractivity contribution in [2.75, 3.05) is 26.7 Å². The number of nitrogens with zero attached hydrogens (tertiary/aromatic N) is 1. The average molecular weight is 378 g/mol. The molecule has 1 heterocycles. The molecule has 0 radical (unpaired) electrons. The van der Waals surface area contributed by atoms with Crippen LogP contribution < -0.4 is 10.5 Å². The zero-order chi connectivity index (χ0) is 19.9. The van der Waals surface area contributed by atoms with Gasteiger partial charge in [0.2, 0.25) is 0 Å². The number of fused-ring (bicyclic) bond motifs is 1. The van der Waals surface area contributed by atoms with Gasteiger partial charge in [-0.1, -0.05) is 0 Å². The highest BCUT2D eigenvalue weighted by molar-refractivity contribution is 5.96. The number of hydrogen-bond acceptors (Lipinski definition) is 4. The molecular formula is C16H18F4N2O4. The lowest BCUT2D eigenvalue weighted by Crippen LogP contribution is -2.34. The van der Waals surface area contributed by atoms with Crippen LogP contribution in [0.5, 0.6) is 5.75 Å². The van der Waals surface area contributed by atoms with Gasteiger partial charge in [0, 0.05) is 31.3 Å². The number of carbonyl (C=O) groups excluding carboxylic acids is 1. The number of benzene rings is 1. The van der Waals surface area contributed by atoms with Crippen molar-refractivity contribution in [2.24, 2.45) is 5.73 Å². The van der Waals surface area contributed by atoms with Gasteiger partial charge in [0.1, 0.15) is 12.4 Å². The van der Waals surface area contributed by atoms with Gasteiger partial charge in [-0.3, -0.25) is 4.79 Å². The molecule has 0 bridgehead atoms. The summed E-state index contributed by atoms with van der Waals surface area (Å²) in [5, 5.41) is 7.12. The number of amides is 1. The zero-order valence-electron chi connectivity index (χ0n) is 13.8. The average Bonchev–Trinajstić information content (AvgIpc) is 2.59. The van der Waals surface area contributed by atoms with Gasteiger partial charge in [-0.2, -0.15) is 13.2 Å². The van der Waals surface area contributed by atoms with Crippen molar-refractivity contribution in [3.8, 4) is 5.75 Å². The zero-order valence-corrected chi connectivity index (χ0v) is 13.8. The first-order valence-electron chi connectivity index (χ1n) is 7.39. The van der Waals surface area contributed by atoms with Crippen LogP contribution in [0.2, 0.25) is 0 Å². The number of aliphatic carboxylic acids is 1. The smallest absolute Gasteiger partial charge is 0.489 e. The highest BCUT2D eigenvalue weighted by Crippen LogP contribution is 2.23. The van der Waals surface area contributed by atoms with Crippen LogP contribution in [0.3, 0.4) is 0 Å². The number of carboxylic acid groups (broad SMARTS) is 1. The van der Waals surface area contributed by atoms with E-state index >= 15 is 0 Å². The Morgan fingerprint density at radius 3 is 2.54 bits per heavy atom. The van der Waals surface area contributed by atoms with Crippen molar-refractivity contribution in [2.45, 2.75) is 12.6 Å². The van der Waals surface area contributed by atoms with Gasteiger partial charge in [0.25, 0.3) is 5.91 Å². The molecule has 0 spiro atoms. The van der Waals surface area contributed by atoms with Crippen LogP contribution in [0.25, 0.3) is 0 Å². The summed E-state index contributed by atoms with van der Waals surface area (Å²) in [5.74, 6) is -2.10. The van der Waals surface area contributed by atoms with Crippen LogP contribution in [0.1, 0.15) is 15.9 Å². The first-order valence-corrected chi connectivity index (χ1v) is 7.39. The minimum absolute atomic E-state index is 0.0269. The molecule has 0 aromatic heterocycles. The lowest BCUT2D eigenvalue weighted by molar-refractivity contribution is -0.192. The number of hydrogen-bond donors (Lipinski definition) is 2. The maximum Gasteiger partial charge on any atom is 0.490 e. The second-order valence-electron chi connectivity index (χ2n) is 5.36. The quantitative estimate of drug-likeness (QED) is 0.783. The summed E-state index contributed by atoms with van der Waals surface area (Å²) in [6.07, 6.45) is -3.81. The van der Waals surface area contributed by atoms with Gasteiger partial charge in [-0.15, -0.1) is 0 Å². The van der Waals surface area contributed by atoms with E-state index in [1.165, 1.54) is 0 Å². The lowest BCUT2D eigenvalue weighted by Gasteiger charge is -2.25. The highest BCUT2D eigenvalue weighted by atomic mass is 19.4. The second-order valence-corrected chi connectivity index (χ2v) is 5.36. The Morgan fingerprint density at radius 1 is 1.42 bits per heavy atom. The summed E-state index contributed by atoms with van der Waals surface area (Å²) in [6, 6.07) is 5.32. The highest BCUT2D eigenvalue weighted by Gasteiger charge is 2.38. The molecule has 2 rings (SSSR count). The Hall–Kier alpha value is -2.62. The molecule has 1 aromatic carbocycles.